The maximum absolute atomic E-state index is 14.4. The van der Waals surface area contributed by atoms with Gasteiger partial charge < -0.3 is 9.84 Å². The third-order valence-corrected chi connectivity index (χ3v) is 9.91. The second-order valence-electron chi connectivity index (χ2n) is 12.2. The van der Waals surface area contributed by atoms with Crippen LogP contribution in [0.1, 0.15) is 44.2 Å². The number of rotatable bonds is 5. The summed E-state index contributed by atoms with van der Waals surface area (Å²) in [5.74, 6) is -1.01. The van der Waals surface area contributed by atoms with Crippen LogP contribution in [0.3, 0.4) is 0 Å². The number of halogens is 3. The smallest absolute Gasteiger partial charge is 0.398 e. The molecule has 0 aromatic carbocycles. The number of hydrogen-bond donors (Lipinski definition) is 1. The molecule has 6 rings (SSSR count). The maximum atomic E-state index is 14.4. The SMILES string of the molecule is CN1C(C2C=CC=CC2(C)C(F)(F)F)C2=C(C=CC(COc3cc4c(cn3)[C@H]3[C@@H](C4)[C@@H]3C(=O)O)C2)C1(C)C. The van der Waals surface area contributed by atoms with Gasteiger partial charge in [-0.05, 0) is 68.9 Å². The van der Waals surface area contributed by atoms with Crippen LogP contribution in [-0.4, -0.2) is 52.4 Å². The maximum Gasteiger partial charge on any atom is 0.398 e. The van der Waals surface area contributed by atoms with Gasteiger partial charge >= 0.3 is 12.1 Å². The van der Waals surface area contributed by atoms with Crippen LogP contribution in [0.15, 0.2) is 59.9 Å². The molecule has 1 aliphatic heterocycles. The number of aliphatic carboxylic acids is 1. The monoisotopic (exact) mass is 526 g/mol. The summed E-state index contributed by atoms with van der Waals surface area (Å²) >= 11 is 0. The van der Waals surface area contributed by atoms with Crippen molar-refractivity contribution in [3.8, 4) is 5.88 Å². The van der Waals surface area contributed by atoms with E-state index in [1.165, 1.54) is 19.1 Å². The first-order valence-electron chi connectivity index (χ1n) is 13.3. The van der Waals surface area contributed by atoms with Gasteiger partial charge in [-0.15, -0.1) is 0 Å². The summed E-state index contributed by atoms with van der Waals surface area (Å²) in [4.78, 5) is 17.9. The molecule has 2 heterocycles. The van der Waals surface area contributed by atoms with E-state index in [0.29, 0.717) is 18.9 Å². The highest BCUT2D eigenvalue weighted by molar-refractivity contribution is 5.77. The molecule has 0 radical (unpaired) electrons. The lowest BCUT2D eigenvalue weighted by atomic mass is 9.67. The zero-order valence-electron chi connectivity index (χ0n) is 22.0. The quantitative estimate of drug-likeness (QED) is 0.533. The number of ether oxygens (including phenoxy) is 1. The molecule has 38 heavy (non-hydrogen) atoms. The van der Waals surface area contributed by atoms with Crippen LogP contribution >= 0.6 is 0 Å². The van der Waals surface area contributed by atoms with Crippen LogP contribution in [0.4, 0.5) is 13.2 Å². The molecular weight excluding hydrogens is 493 g/mol. The fraction of sp³-hybridized carbons (Fsp3) is 0.533. The molecule has 1 aromatic heterocycles. The topological polar surface area (TPSA) is 62.7 Å². The fourth-order valence-electron chi connectivity index (χ4n) is 7.36. The molecule has 4 aliphatic carbocycles. The van der Waals surface area contributed by atoms with Gasteiger partial charge in [0.1, 0.15) is 0 Å². The molecular formula is C30H33F3N2O3. The zero-order chi connectivity index (χ0) is 27.2. The first kappa shape index (κ1) is 25.4. The lowest BCUT2D eigenvalue weighted by molar-refractivity contribution is -0.217. The number of alkyl halides is 3. The molecule has 7 atom stereocenters. The predicted molar refractivity (Wildman–Crippen MR) is 137 cm³/mol. The van der Waals surface area contributed by atoms with Crippen molar-refractivity contribution in [2.45, 2.75) is 57.3 Å². The number of carboxylic acid groups (broad SMARTS) is 1. The lowest BCUT2D eigenvalue weighted by Gasteiger charge is -2.45. The molecule has 5 nitrogen and oxygen atoms in total. The van der Waals surface area contributed by atoms with Gasteiger partial charge in [-0.1, -0.05) is 36.5 Å². The summed E-state index contributed by atoms with van der Waals surface area (Å²) in [5.41, 5.74) is 1.92. The van der Waals surface area contributed by atoms with Crippen LogP contribution in [0.25, 0.3) is 0 Å². The van der Waals surface area contributed by atoms with Gasteiger partial charge in [0, 0.05) is 41.6 Å². The van der Waals surface area contributed by atoms with Crippen molar-refractivity contribution in [1.82, 2.24) is 9.88 Å². The van der Waals surface area contributed by atoms with E-state index in [1.807, 2.05) is 13.1 Å². The minimum atomic E-state index is -4.37. The Balaban J connectivity index is 1.19. The van der Waals surface area contributed by atoms with E-state index in [-0.39, 0.29) is 35.3 Å². The summed E-state index contributed by atoms with van der Waals surface area (Å²) in [6.07, 6.45) is 9.19. The lowest BCUT2D eigenvalue weighted by Crippen LogP contribution is -2.52. The minimum absolute atomic E-state index is 0.0126. The van der Waals surface area contributed by atoms with E-state index in [0.717, 1.165) is 28.7 Å². The van der Waals surface area contributed by atoms with Crippen molar-refractivity contribution in [3.05, 3.63) is 71.0 Å². The zero-order valence-corrected chi connectivity index (χ0v) is 22.0. The van der Waals surface area contributed by atoms with E-state index in [2.05, 4.69) is 35.9 Å². The second kappa shape index (κ2) is 8.31. The van der Waals surface area contributed by atoms with Gasteiger partial charge in [-0.25, -0.2) is 4.98 Å². The van der Waals surface area contributed by atoms with E-state index >= 15 is 0 Å². The number of carbonyl (C=O) groups is 1. The molecule has 8 heteroatoms. The van der Waals surface area contributed by atoms with Gasteiger partial charge in [0.05, 0.1) is 17.9 Å². The van der Waals surface area contributed by atoms with E-state index in [4.69, 9.17) is 4.74 Å². The molecule has 5 aliphatic rings. The van der Waals surface area contributed by atoms with Crippen LogP contribution < -0.4 is 4.74 Å². The predicted octanol–water partition coefficient (Wildman–Crippen LogP) is 5.71. The molecule has 0 saturated heterocycles. The Kier molecular flexibility index (Phi) is 5.56. The van der Waals surface area contributed by atoms with E-state index in [1.54, 1.807) is 18.3 Å². The molecule has 0 bridgehead atoms. The fourth-order valence-corrected chi connectivity index (χ4v) is 7.36. The number of pyridine rings is 1. The van der Waals surface area contributed by atoms with E-state index < -0.39 is 23.5 Å². The molecule has 1 fully saturated rings. The highest BCUT2D eigenvalue weighted by Crippen LogP contribution is 2.61. The number of nitrogens with zero attached hydrogens (tertiary/aromatic N) is 2. The first-order valence-corrected chi connectivity index (χ1v) is 13.3. The number of allylic oxidation sites excluding steroid dienone is 3. The molecule has 1 aromatic rings. The van der Waals surface area contributed by atoms with Gasteiger partial charge in [0.25, 0.3) is 0 Å². The van der Waals surface area contributed by atoms with Crippen molar-refractivity contribution >= 4 is 5.97 Å². The average molecular weight is 527 g/mol. The Morgan fingerprint density at radius 1 is 1.21 bits per heavy atom. The summed E-state index contributed by atoms with van der Waals surface area (Å²) in [6, 6.07) is 1.54. The molecule has 1 saturated carbocycles. The Labute approximate surface area is 220 Å². The van der Waals surface area contributed by atoms with Crippen molar-refractivity contribution < 1.29 is 27.8 Å². The molecule has 0 amide bonds. The molecule has 0 spiro atoms. The molecule has 202 valence electrons. The van der Waals surface area contributed by atoms with Crippen molar-refractivity contribution in [3.63, 3.8) is 0 Å². The number of fused-ring (bicyclic) bond motifs is 3. The van der Waals surface area contributed by atoms with Crippen LogP contribution in [0.5, 0.6) is 5.88 Å². The largest absolute Gasteiger partial charge is 0.481 e. The second-order valence-corrected chi connectivity index (χ2v) is 12.2. The highest BCUT2D eigenvalue weighted by Gasteiger charge is 2.61. The van der Waals surface area contributed by atoms with Gasteiger partial charge in [-0.3, -0.25) is 9.69 Å². The summed E-state index contributed by atoms with van der Waals surface area (Å²) in [5, 5.41) is 9.33. The van der Waals surface area contributed by atoms with Gasteiger partial charge in [0.2, 0.25) is 5.88 Å². The Morgan fingerprint density at radius 2 is 1.97 bits per heavy atom. The standard InChI is InChI=1S/C30H33F3N2O3/c1-28(2)21-9-8-16(15-38-23-13-17-12-19-24(20(17)14-34-23)25(19)27(36)37)11-18(21)26(35(28)4)22-7-5-6-10-29(22,3)30(31,32)33/h5-10,13-14,16,19,22,24-26H,11-12,15H2,1-4H3,(H,36,37)/t16?,19-,22?,24-,25+,26?,29?/m1/s1. The Morgan fingerprint density at radius 3 is 2.68 bits per heavy atom. The van der Waals surface area contributed by atoms with Crippen molar-refractivity contribution in [1.29, 1.82) is 0 Å². The molecule has 1 N–H and O–H groups in total. The summed E-state index contributed by atoms with van der Waals surface area (Å²) < 4.78 is 49.1. The third-order valence-electron chi connectivity index (χ3n) is 9.91. The molecule has 4 unspecified atom stereocenters. The normalized spacial score (nSPS) is 36.7. The van der Waals surface area contributed by atoms with Gasteiger partial charge in [-0.2, -0.15) is 13.2 Å². The first-order chi connectivity index (χ1) is 17.8. The third kappa shape index (κ3) is 3.63. The van der Waals surface area contributed by atoms with Crippen molar-refractivity contribution in [2.24, 2.45) is 29.1 Å². The van der Waals surface area contributed by atoms with E-state index in [9.17, 15) is 23.1 Å². The highest BCUT2D eigenvalue weighted by atomic mass is 19.4. The summed E-state index contributed by atoms with van der Waals surface area (Å²) in [7, 11) is 1.93. The number of likely N-dealkylation sites (N-methyl/N-ethyl adjacent to an activating group) is 1. The summed E-state index contributed by atoms with van der Waals surface area (Å²) in [6.45, 7) is 5.82. The Bertz CT molecular complexity index is 1310. The number of hydrogen-bond acceptors (Lipinski definition) is 4. The number of aromatic nitrogens is 1. The average Bonchev–Trinajstić information content (AvgIpc) is 3.39. The minimum Gasteiger partial charge on any atom is -0.481 e. The van der Waals surface area contributed by atoms with Gasteiger partial charge in [0.15, 0.2) is 0 Å². The Hall–Kier alpha value is -2.87. The number of carboxylic acids is 1. The van der Waals surface area contributed by atoms with Crippen LogP contribution in [-0.2, 0) is 11.2 Å². The van der Waals surface area contributed by atoms with Crippen LogP contribution in [0.2, 0.25) is 0 Å². The van der Waals surface area contributed by atoms with Crippen LogP contribution in [0, 0.1) is 29.1 Å². The van der Waals surface area contributed by atoms with Crippen molar-refractivity contribution in [2.75, 3.05) is 13.7 Å².